The van der Waals surface area contributed by atoms with Crippen molar-refractivity contribution in [1.29, 1.82) is 0 Å². The van der Waals surface area contributed by atoms with Crippen molar-refractivity contribution in [2.45, 2.75) is 32.0 Å². The van der Waals surface area contributed by atoms with E-state index in [2.05, 4.69) is 29.6 Å². The molecule has 24 heavy (non-hydrogen) atoms. The van der Waals surface area contributed by atoms with Gasteiger partial charge in [0.25, 0.3) is 0 Å². The second-order valence-electron chi connectivity index (χ2n) is 6.15. The predicted molar refractivity (Wildman–Crippen MR) is 95.0 cm³/mol. The highest BCUT2D eigenvalue weighted by atomic mass is 16.5. The summed E-state index contributed by atoms with van der Waals surface area (Å²) < 4.78 is 10.6. The Morgan fingerprint density at radius 3 is 2.75 bits per heavy atom. The minimum absolute atomic E-state index is 0.00289. The van der Waals surface area contributed by atoms with E-state index >= 15 is 0 Å². The van der Waals surface area contributed by atoms with Gasteiger partial charge in [0.05, 0.1) is 13.7 Å². The number of rotatable bonds is 6. The molecule has 0 bridgehead atoms. The molecule has 1 aliphatic rings. The van der Waals surface area contributed by atoms with Crippen LogP contribution < -0.4 is 10.1 Å². The number of hydrogen-bond acceptors (Lipinski definition) is 4. The van der Waals surface area contributed by atoms with Crippen LogP contribution in [0.1, 0.15) is 24.0 Å². The van der Waals surface area contributed by atoms with Crippen molar-refractivity contribution in [3.05, 3.63) is 53.6 Å². The monoisotopic (exact) mass is 327 g/mol. The predicted octanol–water partition coefficient (Wildman–Crippen LogP) is 3.12. The van der Waals surface area contributed by atoms with Crippen LogP contribution in [0.3, 0.4) is 0 Å². The molecule has 1 saturated heterocycles. The number of aliphatic hydroxyl groups excluding tert-OH is 1. The van der Waals surface area contributed by atoms with Crippen LogP contribution in [0.2, 0.25) is 0 Å². The minimum atomic E-state index is -0.00289. The lowest BCUT2D eigenvalue weighted by atomic mass is 9.98. The van der Waals surface area contributed by atoms with Crippen molar-refractivity contribution in [1.82, 2.24) is 5.32 Å². The van der Waals surface area contributed by atoms with Crippen molar-refractivity contribution in [2.24, 2.45) is 0 Å². The SMILES string of the molecule is COc1ccc(-c2cccc(CNC3CCOCC3)c2)c(CO)c1. The lowest BCUT2D eigenvalue weighted by Gasteiger charge is -2.23. The van der Waals surface area contributed by atoms with Crippen LogP contribution >= 0.6 is 0 Å². The van der Waals surface area contributed by atoms with E-state index in [1.54, 1.807) is 7.11 Å². The molecule has 0 amide bonds. The van der Waals surface area contributed by atoms with Gasteiger partial charge in [-0.2, -0.15) is 0 Å². The van der Waals surface area contributed by atoms with Crippen molar-refractivity contribution >= 4 is 0 Å². The molecule has 0 spiro atoms. The Morgan fingerprint density at radius 2 is 2.00 bits per heavy atom. The maximum atomic E-state index is 9.66. The minimum Gasteiger partial charge on any atom is -0.497 e. The summed E-state index contributed by atoms with van der Waals surface area (Å²) in [6.07, 6.45) is 2.15. The Bertz CT molecular complexity index is 666. The van der Waals surface area contributed by atoms with Gasteiger partial charge in [0.2, 0.25) is 0 Å². The van der Waals surface area contributed by atoms with Gasteiger partial charge >= 0.3 is 0 Å². The molecule has 0 radical (unpaired) electrons. The van der Waals surface area contributed by atoms with Gasteiger partial charge in [0, 0.05) is 25.8 Å². The van der Waals surface area contributed by atoms with E-state index in [1.165, 1.54) is 5.56 Å². The molecule has 0 unspecified atom stereocenters. The second kappa shape index (κ2) is 8.29. The Labute approximate surface area is 143 Å². The van der Waals surface area contributed by atoms with E-state index < -0.39 is 0 Å². The van der Waals surface area contributed by atoms with Crippen LogP contribution in [-0.2, 0) is 17.9 Å². The lowest BCUT2D eigenvalue weighted by molar-refractivity contribution is 0.0776. The molecular formula is C20H25NO3. The van der Waals surface area contributed by atoms with Gasteiger partial charge in [-0.15, -0.1) is 0 Å². The number of methoxy groups -OCH3 is 1. The Balaban J connectivity index is 1.75. The number of hydrogen-bond donors (Lipinski definition) is 2. The van der Waals surface area contributed by atoms with E-state index in [4.69, 9.17) is 9.47 Å². The summed E-state index contributed by atoms with van der Waals surface area (Å²) >= 11 is 0. The van der Waals surface area contributed by atoms with Crippen LogP contribution in [0.4, 0.5) is 0 Å². The molecule has 1 aliphatic heterocycles. The zero-order valence-electron chi connectivity index (χ0n) is 14.1. The summed E-state index contributed by atoms with van der Waals surface area (Å²) in [5.74, 6) is 0.764. The van der Waals surface area contributed by atoms with Gasteiger partial charge in [-0.3, -0.25) is 0 Å². The van der Waals surface area contributed by atoms with Crippen molar-refractivity contribution in [3.8, 4) is 16.9 Å². The third kappa shape index (κ3) is 4.15. The van der Waals surface area contributed by atoms with Gasteiger partial charge in [0.1, 0.15) is 5.75 Å². The lowest BCUT2D eigenvalue weighted by Crippen LogP contribution is -2.34. The average Bonchev–Trinajstić information content (AvgIpc) is 2.67. The van der Waals surface area contributed by atoms with Crippen LogP contribution in [-0.4, -0.2) is 31.5 Å². The number of aliphatic hydroxyl groups is 1. The molecule has 0 atom stereocenters. The fraction of sp³-hybridized carbons (Fsp3) is 0.400. The first-order chi connectivity index (χ1) is 11.8. The van der Waals surface area contributed by atoms with Gasteiger partial charge in [-0.05, 0) is 53.3 Å². The molecule has 1 heterocycles. The quantitative estimate of drug-likeness (QED) is 0.856. The summed E-state index contributed by atoms with van der Waals surface area (Å²) in [5, 5.41) is 13.3. The van der Waals surface area contributed by atoms with E-state index in [0.29, 0.717) is 6.04 Å². The van der Waals surface area contributed by atoms with Crippen LogP contribution in [0, 0.1) is 0 Å². The van der Waals surface area contributed by atoms with Gasteiger partial charge in [-0.25, -0.2) is 0 Å². The highest BCUT2D eigenvalue weighted by Gasteiger charge is 2.13. The van der Waals surface area contributed by atoms with Crippen molar-refractivity contribution in [2.75, 3.05) is 20.3 Å². The van der Waals surface area contributed by atoms with E-state index in [1.807, 2.05) is 18.2 Å². The molecule has 2 aromatic carbocycles. The molecule has 128 valence electrons. The van der Waals surface area contributed by atoms with Gasteiger partial charge < -0.3 is 19.9 Å². The van der Waals surface area contributed by atoms with Gasteiger partial charge in [-0.1, -0.05) is 24.3 Å². The second-order valence-corrected chi connectivity index (χ2v) is 6.15. The van der Waals surface area contributed by atoms with Crippen LogP contribution in [0.25, 0.3) is 11.1 Å². The largest absolute Gasteiger partial charge is 0.497 e. The van der Waals surface area contributed by atoms with Crippen molar-refractivity contribution in [3.63, 3.8) is 0 Å². The van der Waals surface area contributed by atoms with Crippen molar-refractivity contribution < 1.29 is 14.6 Å². The maximum Gasteiger partial charge on any atom is 0.119 e. The molecular weight excluding hydrogens is 302 g/mol. The summed E-state index contributed by atoms with van der Waals surface area (Å²) in [7, 11) is 1.64. The molecule has 0 saturated carbocycles. The topological polar surface area (TPSA) is 50.7 Å². The summed E-state index contributed by atoms with van der Waals surface area (Å²) in [6.45, 7) is 2.55. The standard InChI is InChI=1S/C20H25NO3/c1-23-19-5-6-20(17(12-19)14-22)16-4-2-3-15(11-16)13-21-18-7-9-24-10-8-18/h2-6,11-12,18,21-22H,7-10,13-14H2,1H3. The Kier molecular flexibility index (Phi) is 5.86. The summed E-state index contributed by atoms with van der Waals surface area (Å²) in [6, 6.07) is 14.8. The Hall–Kier alpha value is -1.88. The smallest absolute Gasteiger partial charge is 0.119 e. The van der Waals surface area contributed by atoms with Crippen LogP contribution in [0.5, 0.6) is 5.75 Å². The van der Waals surface area contributed by atoms with E-state index in [0.717, 1.165) is 55.0 Å². The summed E-state index contributed by atoms with van der Waals surface area (Å²) in [5.41, 5.74) is 4.29. The first kappa shape index (κ1) is 17.0. The molecule has 2 N–H and O–H groups in total. The number of ether oxygens (including phenoxy) is 2. The fourth-order valence-corrected chi connectivity index (χ4v) is 3.12. The first-order valence-corrected chi connectivity index (χ1v) is 8.48. The van der Waals surface area contributed by atoms with E-state index in [-0.39, 0.29) is 6.61 Å². The third-order valence-corrected chi connectivity index (χ3v) is 4.54. The molecule has 4 heteroatoms. The Morgan fingerprint density at radius 1 is 1.17 bits per heavy atom. The third-order valence-electron chi connectivity index (χ3n) is 4.54. The molecule has 2 aromatic rings. The summed E-state index contributed by atoms with van der Waals surface area (Å²) in [4.78, 5) is 0. The zero-order valence-corrected chi connectivity index (χ0v) is 14.1. The highest BCUT2D eigenvalue weighted by molar-refractivity contribution is 5.69. The molecule has 3 rings (SSSR count). The number of nitrogens with one attached hydrogen (secondary N) is 1. The zero-order chi connectivity index (χ0) is 16.8. The molecule has 4 nitrogen and oxygen atoms in total. The normalized spacial score (nSPS) is 15.4. The number of benzene rings is 2. The van der Waals surface area contributed by atoms with Crippen LogP contribution in [0.15, 0.2) is 42.5 Å². The molecule has 0 aromatic heterocycles. The fourth-order valence-electron chi connectivity index (χ4n) is 3.12. The molecule has 0 aliphatic carbocycles. The van der Waals surface area contributed by atoms with Gasteiger partial charge in [0.15, 0.2) is 0 Å². The molecule has 1 fully saturated rings. The maximum absolute atomic E-state index is 9.66. The van der Waals surface area contributed by atoms with E-state index in [9.17, 15) is 5.11 Å². The first-order valence-electron chi connectivity index (χ1n) is 8.48. The highest BCUT2D eigenvalue weighted by Crippen LogP contribution is 2.28. The average molecular weight is 327 g/mol.